The van der Waals surface area contributed by atoms with E-state index < -0.39 is 5.41 Å². The van der Waals surface area contributed by atoms with Crippen LogP contribution < -0.4 is 4.90 Å². The van der Waals surface area contributed by atoms with Gasteiger partial charge in [-0.1, -0.05) is 170 Å². The molecule has 12 rings (SSSR count). The van der Waals surface area contributed by atoms with Gasteiger partial charge in [0.2, 0.25) is 0 Å². The van der Waals surface area contributed by atoms with E-state index in [-0.39, 0.29) is 0 Å². The molecule has 0 saturated heterocycles. The molecule has 0 atom stereocenters. The highest BCUT2D eigenvalue weighted by molar-refractivity contribution is 7.25. The van der Waals surface area contributed by atoms with Crippen LogP contribution in [0.1, 0.15) is 22.3 Å². The summed E-state index contributed by atoms with van der Waals surface area (Å²) in [5.74, 6) is 0. The first kappa shape index (κ1) is 33.8. The average Bonchev–Trinajstić information content (AvgIpc) is 3.83. The Bertz CT molecular complexity index is 3320. The fraction of sp³-hybridized carbons (Fsp3) is 0.0175. The molecule has 0 fully saturated rings. The van der Waals surface area contributed by atoms with Crippen LogP contribution in [-0.2, 0) is 5.41 Å². The third kappa shape index (κ3) is 5.24. The minimum atomic E-state index is -0.445. The summed E-state index contributed by atoms with van der Waals surface area (Å²) >= 11 is 1.88. The van der Waals surface area contributed by atoms with Crippen molar-refractivity contribution in [2.75, 3.05) is 4.90 Å². The second-order valence-corrected chi connectivity index (χ2v) is 16.7. The molecule has 59 heavy (non-hydrogen) atoms. The Labute approximate surface area is 347 Å². The van der Waals surface area contributed by atoms with Gasteiger partial charge in [0.15, 0.2) is 0 Å². The maximum absolute atomic E-state index is 2.41. The molecule has 11 aromatic rings. The molecule has 1 nitrogen and oxygen atoms in total. The SMILES string of the molecule is c1ccc(-c2ccc(N(c3ccc(C4(c5ccccc5)c5ccccc5-c5ccccc54)cc3)c3ccc4c(ccc5cc6c(cc54)sc4ccccc46)c3)cc2)cc1. The zero-order valence-corrected chi connectivity index (χ0v) is 33.0. The third-order valence-electron chi connectivity index (χ3n) is 12.5. The first-order valence-electron chi connectivity index (χ1n) is 20.3. The van der Waals surface area contributed by atoms with Crippen LogP contribution in [0.15, 0.2) is 224 Å². The van der Waals surface area contributed by atoms with Crippen molar-refractivity contribution in [1.29, 1.82) is 0 Å². The average molecular weight is 768 g/mol. The van der Waals surface area contributed by atoms with Gasteiger partial charge in [0.1, 0.15) is 0 Å². The van der Waals surface area contributed by atoms with Gasteiger partial charge in [-0.2, -0.15) is 0 Å². The lowest BCUT2D eigenvalue weighted by atomic mass is 9.68. The summed E-state index contributed by atoms with van der Waals surface area (Å²) in [4.78, 5) is 2.41. The van der Waals surface area contributed by atoms with E-state index in [1.807, 2.05) is 11.3 Å². The summed E-state index contributed by atoms with van der Waals surface area (Å²) in [5.41, 5.74) is 13.1. The van der Waals surface area contributed by atoms with Gasteiger partial charge in [0.25, 0.3) is 0 Å². The number of hydrogen-bond acceptors (Lipinski definition) is 2. The highest BCUT2D eigenvalue weighted by Crippen LogP contribution is 2.56. The van der Waals surface area contributed by atoms with Crippen LogP contribution in [0.25, 0.3) is 64.0 Å². The molecule has 1 aliphatic rings. The highest BCUT2D eigenvalue weighted by Gasteiger charge is 2.45. The normalized spacial score (nSPS) is 12.9. The first-order valence-corrected chi connectivity index (χ1v) is 21.1. The fourth-order valence-electron chi connectivity index (χ4n) is 9.86. The summed E-state index contributed by atoms with van der Waals surface area (Å²) in [6.45, 7) is 0. The molecule has 0 unspecified atom stereocenters. The summed E-state index contributed by atoms with van der Waals surface area (Å²) in [5, 5.41) is 7.72. The van der Waals surface area contributed by atoms with E-state index in [9.17, 15) is 0 Å². The molecule has 0 saturated carbocycles. The number of thiophene rings is 1. The molecular formula is C57H37NS. The zero-order valence-electron chi connectivity index (χ0n) is 32.2. The Morgan fingerprint density at radius 1 is 0.322 bits per heavy atom. The molecule has 0 N–H and O–H groups in total. The van der Waals surface area contributed by atoms with E-state index in [2.05, 4.69) is 229 Å². The van der Waals surface area contributed by atoms with Crippen LogP contribution in [0.2, 0.25) is 0 Å². The van der Waals surface area contributed by atoms with Crippen LogP contribution in [0, 0.1) is 0 Å². The summed E-state index contributed by atoms with van der Waals surface area (Å²) in [7, 11) is 0. The lowest BCUT2D eigenvalue weighted by Gasteiger charge is -2.34. The Morgan fingerprint density at radius 3 is 1.58 bits per heavy atom. The smallest absolute Gasteiger partial charge is 0.0713 e. The molecular weight excluding hydrogens is 731 g/mol. The van der Waals surface area contributed by atoms with Gasteiger partial charge in [-0.15, -0.1) is 11.3 Å². The van der Waals surface area contributed by atoms with E-state index in [0.717, 1.165) is 17.1 Å². The zero-order chi connectivity index (χ0) is 38.9. The van der Waals surface area contributed by atoms with Gasteiger partial charge in [-0.3, -0.25) is 0 Å². The van der Waals surface area contributed by atoms with Crippen LogP contribution >= 0.6 is 11.3 Å². The van der Waals surface area contributed by atoms with Gasteiger partial charge in [0.05, 0.1) is 5.41 Å². The number of benzene rings is 10. The molecule has 0 aliphatic heterocycles. The number of nitrogens with zero attached hydrogens (tertiary/aromatic N) is 1. The third-order valence-corrected chi connectivity index (χ3v) is 13.7. The highest BCUT2D eigenvalue weighted by atomic mass is 32.1. The van der Waals surface area contributed by atoms with Gasteiger partial charge < -0.3 is 4.90 Å². The molecule has 0 bridgehead atoms. The molecule has 1 aliphatic carbocycles. The van der Waals surface area contributed by atoms with Crippen molar-refractivity contribution < 1.29 is 0 Å². The van der Waals surface area contributed by atoms with Gasteiger partial charge >= 0.3 is 0 Å². The standard InChI is InChI=1S/C57H37NS/c1-3-13-38(14-4-1)39-25-29-44(30-26-39)58(46-33-34-47-40(35-46)23-24-41-36-52-50-19-9-12-22-55(50)59-56(52)37-51(41)47)45-31-27-43(28-32-45)57(42-15-5-2-6-16-42)53-20-10-7-17-48(53)49-18-8-11-21-54(49)57/h1-37H. The molecule has 10 aromatic carbocycles. The van der Waals surface area contributed by atoms with Crippen molar-refractivity contribution in [2.24, 2.45) is 0 Å². The number of hydrogen-bond donors (Lipinski definition) is 0. The maximum Gasteiger partial charge on any atom is 0.0713 e. The fourth-order valence-corrected chi connectivity index (χ4v) is 11.0. The number of rotatable bonds is 6. The van der Waals surface area contributed by atoms with Crippen molar-refractivity contribution in [3.63, 3.8) is 0 Å². The van der Waals surface area contributed by atoms with Gasteiger partial charge in [-0.25, -0.2) is 0 Å². The van der Waals surface area contributed by atoms with Crippen molar-refractivity contribution >= 4 is 70.1 Å². The summed E-state index contributed by atoms with van der Waals surface area (Å²) < 4.78 is 2.66. The molecule has 0 spiro atoms. The molecule has 2 heteroatoms. The number of anilines is 3. The van der Waals surface area contributed by atoms with Crippen LogP contribution in [-0.4, -0.2) is 0 Å². The quantitative estimate of drug-likeness (QED) is 0.152. The predicted octanol–water partition coefficient (Wildman–Crippen LogP) is 15.9. The summed E-state index contributed by atoms with van der Waals surface area (Å²) in [6.07, 6.45) is 0. The lowest BCUT2D eigenvalue weighted by molar-refractivity contribution is 0.768. The minimum absolute atomic E-state index is 0.445. The van der Waals surface area contributed by atoms with Crippen molar-refractivity contribution in [3.05, 3.63) is 247 Å². The van der Waals surface area contributed by atoms with Gasteiger partial charge in [-0.05, 0) is 121 Å². The first-order chi connectivity index (χ1) is 29.2. The van der Waals surface area contributed by atoms with Crippen molar-refractivity contribution in [1.82, 2.24) is 0 Å². The lowest BCUT2D eigenvalue weighted by Crippen LogP contribution is -2.28. The minimum Gasteiger partial charge on any atom is -0.310 e. The Hall–Kier alpha value is -7.26. The Balaban J connectivity index is 1.02. The van der Waals surface area contributed by atoms with Crippen LogP contribution in [0.4, 0.5) is 17.1 Å². The monoisotopic (exact) mass is 767 g/mol. The second kappa shape index (κ2) is 13.4. The molecule has 0 amide bonds. The Morgan fingerprint density at radius 2 is 0.864 bits per heavy atom. The van der Waals surface area contributed by atoms with Crippen molar-refractivity contribution in [2.45, 2.75) is 5.41 Å². The van der Waals surface area contributed by atoms with E-state index in [0.29, 0.717) is 0 Å². The Kier molecular flexibility index (Phi) is 7.69. The number of fused-ring (bicyclic) bond motifs is 9. The van der Waals surface area contributed by atoms with Gasteiger partial charge in [0, 0.05) is 37.2 Å². The van der Waals surface area contributed by atoms with E-state index in [1.54, 1.807) is 0 Å². The molecule has 1 heterocycles. The van der Waals surface area contributed by atoms with E-state index >= 15 is 0 Å². The topological polar surface area (TPSA) is 3.24 Å². The molecule has 0 radical (unpaired) electrons. The van der Waals surface area contributed by atoms with E-state index in [4.69, 9.17) is 0 Å². The van der Waals surface area contributed by atoms with E-state index in [1.165, 1.54) is 86.2 Å². The largest absolute Gasteiger partial charge is 0.310 e. The van der Waals surface area contributed by atoms with Crippen molar-refractivity contribution in [3.8, 4) is 22.3 Å². The second-order valence-electron chi connectivity index (χ2n) is 15.6. The predicted molar refractivity (Wildman–Crippen MR) is 252 cm³/mol. The molecule has 276 valence electrons. The maximum atomic E-state index is 2.41. The summed E-state index contributed by atoms with van der Waals surface area (Å²) in [6, 6.07) is 83.0. The van der Waals surface area contributed by atoms with Crippen LogP contribution in [0.3, 0.4) is 0 Å². The van der Waals surface area contributed by atoms with Crippen LogP contribution in [0.5, 0.6) is 0 Å². The molecule has 1 aromatic heterocycles.